The number of H-pyrrole nitrogens is 1. The first-order chi connectivity index (χ1) is 14.5. The summed E-state index contributed by atoms with van der Waals surface area (Å²) in [5.74, 6) is -3.31. The molecule has 31 heavy (non-hydrogen) atoms. The maximum absolute atomic E-state index is 11.0. The number of carbonyl (C=O) groups is 2. The van der Waals surface area contributed by atoms with Gasteiger partial charge in [0, 0.05) is 0 Å². The largest absolute Gasteiger partial charge is 0.490 e. The molecular formula is C18H12Cl2F3N3O5. The minimum Gasteiger partial charge on any atom is -0.487 e. The van der Waals surface area contributed by atoms with Gasteiger partial charge in [-0.05, 0) is 35.4 Å². The molecule has 0 amide bonds. The van der Waals surface area contributed by atoms with Crippen LogP contribution in [0.3, 0.4) is 0 Å². The van der Waals surface area contributed by atoms with Crippen molar-refractivity contribution in [1.29, 1.82) is 0 Å². The van der Waals surface area contributed by atoms with Crippen LogP contribution in [0.1, 0.15) is 16.2 Å². The number of aromatic carboxylic acids is 1. The summed E-state index contributed by atoms with van der Waals surface area (Å²) in [6, 6.07) is 12.7. The molecule has 0 aliphatic heterocycles. The molecule has 0 saturated carbocycles. The van der Waals surface area contributed by atoms with Gasteiger partial charge >= 0.3 is 18.1 Å². The molecule has 0 fully saturated rings. The van der Waals surface area contributed by atoms with Crippen molar-refractivity contribution in [3.05, 3.63) is 63.9 Å². The van der Waals surface area contributed by atoms with Crippen molar-refractivity contribution >= 4 is 35.1 Å². The Morgan fingerprint density at radius 3 is 2.10 bits per heavy atom. The van der Waals surface area contributed by atoms with E-state index in [9.17, 15) is 18.0 Å². The lowest BCUT2D eigenvalue weighted by Gasteiger charge is -2.07. The predicted molar refractivity (Wildman–Crippen MR) is 103 cm³/mol. The van der Waals surface area contributed by atoms with Gasteiger partial charge in [-0.2, -0.15) is 13.2 Å². The van der Waals surface area contributed by atoms with Gasteiger partial charge in [0.15, 0.2) is 5.69 Å². The molecule has 0 unspecified atom stereocenters. The lowest BCUT2D eigenvalue weighted by Crippen LogP contribution is -2.21. The molecule has 164 valence electrons. The number of carboxylic acids is 2. The van der Waals surface area contributed by atoms with Gasteiger partial charge in [-0.15, -0.1) is 5.10 Å². The smallest absolute Gasteiger partial charge is 0.487 e. The van der Waals surface area contributed by atoms with Gasteiger partial charge in [0.1, 0.15) is 18.1 Å². The fourth-order valence-electron chi connectivity index (χ4n) is 2.09. The Hall–Kier alpha value is -3.31. The first-order valence-corrected chi connectivity index (χ1v) is 8.86. The Morgan fingerprint density at radius 1 is 1.00 bits per heavy atom. The van der Waals surface area contributed by atoms with E-state index in [4.69, 9.17) is 42.9 Å². The monoisotopic (exact) mass is 477 g/mol. The summed E-state index contributed by atoms with van der Waals surface area (Å²) >= 11 is 11.9. The number of alkyl halides is 3. The molecular weight excluding hydrogens is 466 g/mol. The van der Waals surface area contributed by atoms with Crippen LogP contribution in [0, 0.1) is 0 Å². The normalized spacial score (nSPS) is 10.7. The van der Waals surface area contributed by atoms with Gasteiger partial charge in [0.2, 0.25) is 0 Å². The number of nitrogens with one attached hydrogen (secondary N) is 1. The van der Waals surface area contributed by atoms with Crippen LogP contribution in [-0.2, 0) is 11.4 Å². The van der Waals surface area contributed by atoms with Gasteiger partial charge in [-0.1, -0.05) is 46.6 Å². The number of aliphatic carboxylic acids is 1. The predicted octanol–water partition coefficient (Wildman–Crippen LogP) is 4.69. The molecule has 3 aromatic rings. The molecule has 0 aliphatic rings. The molecule has 2 aromatic carbocycles. The third kappa shape index (κ3) is 6.86. The Bertz CT molecular complexity index is 1070. The van der Waals surface area contributed by atoms with Crippen LogP contribution in [0.15, 0.2) is 42.5 Å². The first-order valence-electron chi connectivity index (χ1n) is 8.10. The second-order valence-corrected chi connectivity index (χ2v) is 6.50. The van der Waals surface area contributed by atoms with Crippen molar-refractivity contribution in [3.8, 4) is 16.9 Å². The number of ether oxygens (including phenoxy) is 1. The van der Waals surface area contributed by atoms with Gasteiger partial charge in [0.05, 0.1) is 10.0 Å². The van der Waals surface area contributed by atoms with E-state index in [1.807, 2.05) is 18.2 Å². The molecule has 1 heterocycles. The summed E-state index contributed by atoms with van der Waals surface area (Å²) in [7, 11) is 0. The Balaban J connectivity index is 0.000000423. The summed E-state index contributed by atoms with van der Waals surface area (Å²) in [5, 5.41) is 26.6. The molecule has 3 rings (SSSR count). The molecule has 0 aliphatic carbocycles. The highest BCUT2D eigenvalue weighted by Crippen LogP contribution is 2.29. The zero-order valence-corrected chi connectivity index (χ0v) is 16.7. The number of carboxylic acid groups (broad SMARTS) is 2. The number of rotatable bonds is 5. The van der Waals surface area contributed by atoms with Crippen molar-refractivity contribution in [1.82, 2.24) is 15.4 Å². The van der Waals surface area contributed by atoms with Crippen LogP contribution in [0.2, 0.25) is 10.0 Å². The van der Waals surface area contributed by atoms with Crippen molar-refractivity contribution in [2.75, 3.05) is 0 Å². The van der Waals surface area contributed by atoms with Gasteiger partial charge in [-0.3, -0.25) is 5.10 Å². The number of aromatic amines is 1. The summed E-state index contributed by atoms with van der Waals surface area (Å²) in [6.07, 6.45) is -5.08. The van der Waals surface area contributed by atoms with E-state index in [-0.39, 0.29) is 18.0 Å². The maximum Gasteiger partial charge on any atom is 0.490 e. The van der Waals surface area contributed by atoms with Crippen LogP contribution in [0.25, 0.3) is 11.1 Å². The maximum atomic E-state index is 11.0. The second-order valence-electron chi connectivity index (χ2n) is 5.68. The lowest BCUT2D eigenvalue weighted by molar-refractivity contribution is -0.192. The first kappa shape index (κ1) is 24.0. The van der Waals surface area contributed by atoms with Crippen molar-refractivity contribution in [2.24, 2.45) is 0 Å². The average molecular weight is 478 g/mol. The molecule has 3 N–H and O–H groups in total. The second kappa shape index (κ2) is 10.1. The van der Waals surface area contributed by atoms with Gasteiger partial charge in [0.25, 0.3) is 0 Å². The number of halogens is 5. The van der Waals surface area contributed by atoms with Crippen LogP contribution >= 0.6 is 23.2 Å². The fraction of sp³-hybridized carbons (Fsp3) is 0.111. The lowest BCUT2D eigenvalue weighted by atomic mass is 10.1. The molecule has 0 radical (unpaired) electrons. The van der Waals surface area contributed by atoms with Crippen LogP contribution in [-0.4, -0.2) is 43.7 Å². The van der Waals surface area contributed by atoms with E-state index in [1.165, 1.54) is 0 Å². The Kier molecular flexibility index (Phi) is 7.83. The number of hydrogen-bond donors (Lipinski definition) is 3. The highest BCUT2D eigenvalue weighted by molar-refractivity contribution is 6.42. The average Bonchev–Trinajstić information content (AvgIpc) is 3.18. The number of hydrogen-bond acceptors (Lipinski definition) is 5. The molecule has 8 nitrogen and oxygen atoms in total. The minimum absolute atomic E-state index is 0.00422. The van der Waals surface area contributed by atoms with E-state index >= 15 is 0 Å². The van der Waals surface area contributed by atoms with Gasteiger partial charge < -0.3 is 14.9 Å². The van der Waals surface area contributed by atoms with E-state index in [2.05, 4.69) is 15.4 Å². The highest BCUT2D eigenvalue weighted by atomic mass is 35.5. The molecule has 0 spiro atoms. The minimum atomic E-state index is -5.08. The standard InChI is InChI=1S/C16H11Cl2N3O3.C2HF3O2/c17-12-6-3-10(7-13(12)18)9-1-4-11(5-2-9)24-8-14-15(16(22)23)20-21-19-14;3-2(4,5)1(6)7/h1-7H,8H2,(H,22,23)(H,19,20,21);(H,6,7). The van der Waals surface area contributed by atoms with Crippen LogP contribution in [0.4, 0.5) is 13.2 Å². The van der Waals surface area contributed by atoms with Gasteiger partial charge in [-0.25, -0.2) is 9.59 Å². The van der Waals surface area contributed by atoms with Crippen LogP contribution in [0.5, 0.6) is 5.75 Å². The van der Waals surface area contributed by atoms with Crippen molar-refractivity contribution in [3.63, 3.8) is 0 Å². The zero-order chi connectivity index (χ0) is 23.2. The summed E-state index contributed by atoms with van der Waals surface area (Å²) in [4.78, 5) is 19.9. The summed E-state index contributed by atoms with van der Waals surface area (Å²) in [6.45, 7) is 0.00422. The molecule has 1 aromatic heterocycles. The Morgan fingerprint density at radius 2 is 1.58 bits per heavy atom. The topological polar surface area (TPSA) is 125 Å². The third-order valence-electron chi connectivity index (χ3n) is 3.56. The quantitative estimate of drug-likeness (QED) is 0.486. The van der Waals surface area contributed by atoms with E-state index in [0.717, 1.165) is 11.1 Å². The Labute approximate surface area is 182 Å². The number of benzene rings is 2. The van der Waals surface area contributed by atoms with E-state index in [0.29, 0.717) is 15.8 Å². The van der Waals surface area contributed by atoms with Crippen molar-refractivity contribution in [2.45, 2.75) is 12.8 Å². The fourth-order valence-corrected chi connectivity index (χ4v) is 2.39. The molecule has 0 saturated heterocycles. The molecule has 0 atom stereocenters. The van der Waals surface area contributed by atoms with Crippen molar-refractivity contribution < 1.29 is 37.7 Å². The third-order valence-corrected chi connectivity index (χ3v) is 4.30. The summed E-state index contributed by atoms with van der Waals surface area (Å²) in [5.41, 5.74) is 2.03. The number of nitrogens with zero attached hydrogens (tertiary/aromatic N) is 2. The van der Waals surface area contributed by atoms with Crippen LogP contribution < -0.4 is 4.74 Å². The zero-order valence-electron chi connectivity index (χ0n) is 15.2. The highest BCUT2D eigenvalue weighted by Gasteiger charge is 2.38. The molecule has 13 heteroatoms. The van der Waals surface area contributed by atoms with E-state index < -0.39 is 18.1 Å². The van der Waals surface area contributed by atoms with E-state index in [1.54, 1.807) is 24.3 Å². The SMILES string of the molecule is O=C(O)C(F)(F)F.O=C(O)c1[nH]nnc1COc1ccc(-c2ccc(Cl)c(Cl)c2)cc1. The number of aromatic nitrogens is 3. The summed E-state index contributed by atoms with van der Waals surface area (Å²) < 4.78 is 37.3. The molecule has 0 bridgehead atoms.